The van der Waals surface area contributed by atoms with Crippen molar-refractivity contribution in [3.8, 4) is 11.5 Å². The highest BCUT2D eigenvalue weighted by Crippen LogP contribution is 2.24. The van der Waals surface area contributed by atoms with E-state index in [9.17, 15) is 0 Å². The molecule has 0 aromatic heterocycles. The minimum Gasteiger partial charge on any atom is -0.494 e. The van der Waals surface area contributed by atoms with Crippen LogP contribution in [0.1, 0.15) is 20.8 Å². The number of anilines is 2. The van der Waals surface area contributed by atoms with Gasteiger partial charge in [0.05, 0.1) is 18.4 Å². The van der Waals surface area contributed by atoms with E-state index in [4.69, 9.17) is 9.47 Å². The van der Waals surface area contributed by atoms with E-state index in [0.717, 1.165) is 36.0 Å². The van der Waals surface area contributed by atoms with Crippen molar-refractivity contribution in [1.29, 1.82) is 0 Å². The second-order valence-electron chi connectivity index (χ2n) is 5.48. The van der Waals surface area contributed by atoms with Crippen molar-refractivity contribution in [3.63, 3.8) is 0 Å². The van der Waals surface area contributed by atoms with Gasteiger partial charge >= 0.3 is 0 Å². The minimum atomic E-state index is 0.164. The van der Waals surface area contributed by atoms with Crippen molar-refractivity contribution in [1.82, 2.24) is 0 Å². The lowest BCUT2D eigenvalue weighted by Crippen LogP contribution is -2.15. The number of nitrogens with one attached hydrogen (secondary N) is 2. The summed E-state index contributed by atoms with van der Waals surface area (Å²) in [5, 5.41) is 6.80. The number of hydrogen-bond acceptors (Lipinski definition) is 4. The topological polar surface area (TPSA) is 42.5 Å². The molecule has 0 spiro atoms. The lowest BCUT2D eigenvalue weighted by Gasteiger charge is -2.16. The summed E-state index contributed by atoms with van der Waals surface area (Å²) in [7, 11) is 0. The van der Waals surface area contributed by atoms with Gasteiger partial charge in [-0.05, 0) is 45.0 Å². The Bertz CT molecular complexity index is 599. The second-order valence-corrected chi connectivity index (χ2v) is 5.48. The quantitative estimate of drug-likeness (QED) is 0.673. The van der Waals surface area contributed by atoms with Crippen molar-refractivity contribution in [3.05, 3.63) is 48.5 Å². The summed E-state index contributed by atoms with van der Waals surface area (Å²) >= 11 is 0. The zero-order chi connectivity index (χ0) is 16.5. The Labute approximate surface area is 138 Å². The molecule has 0 saturated carbocycles. The molecular formula is C19H26N2O2. The van der Waals surface area contributed by atoms with E-state index in [1.165, 1.54) is 0 Å². The maximum Gasteiger partial charge on any atom is 0.142 e. The Morgan fingerprint density at radius 1 is 0.957 bits per heavy atom. The molecule has 0 aliphatic heterocycles. The highest BCUT2D eigenvalue weighted by molar-refractivity contribution is 5.56. The average Bonchev–Trinajstić information content (AvgIpc) is 2.53. The van der Waals surface area contributed by atoms with Gasteiger partial charge in [-0.3, -0.25) is 0 Å². The SMILES string of the molecule is CCOc1cccc(NCCNc2ccccc2OC(C)C)c1. The van der Waals surface area contributed by atoms with Gasteiger partial charge in [0.25, 0.3) is 0 Å². The van der Waals surface area contributed by atoms with Crippen molar-refractivity contribution in [2.45, 2.75) is 26.9 Å². The normalized spacial score (nSPS) is 10.4. The smallest absolute Gasteiger partial charge is 0.142 e. The molecule has 0 atom stereocenters. The zero-order valence-corrected chi connectivity index (χ0v) is 14.1. The van der Waals surface area contributed by atoms with E-state index in [1.807, 2.05) is 69.3 Å². The van der Waals surface area contributed by atoms with E-state index in [-0.39, 0.29) is 6.10 Å². The summed E-state index contributed by atoms with van der Waals surface area (Å²) in [5.41, 5.74) is 2.08. The van der Waals surface area contributed by atoms with Crippen molar-refractivity contribution in [2.24, 2.45) is 0 Å². The molecule has 0 aliphatic carbocycles. The van der Waals surface area contributed by atoms with Gasteiger partial charge in [-0.1, -0.05) is 18.2 Å². The summed E-state index contributed by atoms with van der Waals surface area (Å²) < 4.78 is 11.3. The third-order valence-corrected chi connectivity index (χ3v) is 3.16. The Hall–Kier alpha value is -2.36. The molecule has 2 aromatic rings. The maximum atomic E-state index is 5.80. The molecule has 0 bridgehead atoms. The van der Waals surface area contributed by atoms with Crippen LogP contribution in [0, 0.1) is 0 Å². The van der Waals surface area contributed by atoms with E-state index in [1.54, 1.807) is 0 Å². The minimum absolute atomic E-state index is 0.164. The van der Waals surface area contributed by atoms with Crippen molar-refractivity contribution >= 4 is 11.4 Å². The van der Waals surface area contributed by atoms with Crippen LogP contribution in [0.25, 0.3) is 0 Å². The van der Waals surface area contributed by atoms with Gasteiger partial charge in [-0.2, -0.15) is 0 Å². The van der Waals surface area contributed by atoms with Crippen LogP contribution in [0.5, 0.6) is 11.5 Å². The maximum absolute atomic E-state index is 5.80. The van der Waals surface area contributed by atoms with E-state index in [2.05, 4.69) is 10.6 Å². The largest absolute Gasteiger partial charge is 0.494 e. The highest BCUT2D eigenvalue weighted by Gasteiger charge is 2.04. The Morgan fingerprint density at radius 3 is 2.52 bits per heavy atom. The number of para-hydroxylation sites is 2. The van der Waals surface area contributed by atoms with Crippen LogP contribution in [0.3, 0.4) is 0 Å². The molecule has 0 unspecified atom stereocenters. The van der Waals surface area contributed by atoms with Crippen molar-refractivity contribution < 1.29 is 9.47 Å². The Balaban J connectivity index is 1.82. The summed E-state index contributed by atoms with van der Waals surface area (Å²) in [6.07, 6.45) is 0.164. The van der Waals surface area contributed by atoms with E-state index < -0.39 is 0 Å². The molecule has 4 heteroatoms. The van der Waals surface area contributed by atoms with Gasteiger partial charge < -0.3 is 20.1 Å². The van der Waals surface area contributed by atoms with Gasteiger partial charge in [0, 0.05) is 24.8 Å². The third-order valence-electron chi connectivity index (χ3n) is 3.16. The van der Waals surface area contributed by atoms with Crippen LogP contribution in [0.15, 0.2) is 48.5 Å². The fourth-order valence-corrected chi connectivity index (χ4v) is 2.24. The molecule has 4 nitrogen and oxygen atoms in total. The van der Waals surface area contributed by atoms with E-state index in [0.29, 0.717) is 6.61 Å². The first-order valence-corrected chi connectivity index (χ1v) is 8.15. The summed E-state index contributed by atoms with van der Waals surface area (Å²) in [5.74, 6) is 1.78. The molecule has 0 radical (unpaired) electrons. The first-order valence-electron chi connectivity index (χ1n) is 8.15. The summed E-state index contributed by atoms with van der Waals surface area (Å²) in [6, 6.07) is 16.0. The van der Waals surface area contributed by atoms with Gasteiger partial charge in [-0.15, -0.1) is 0 Å². The predicted octanol–water partition coefficient (Wildman–Crippen LogP) is 4.40. The van der Waals surface area contributed by atoms with Gasteiger partial charge in [0.15, 0.2) is 0 Å². The molecule has 124 valence electrons. The van der Waals surface area contributed by atoms with Crippen LogP contribution in [-0.2, 0) is 0 Å². The zero-order valence-electron chi connectivity index (χ0n) is 14.1. The van der Waals surface area contributed by atoms with Gasteiger partial charge in [0.1, 0.15) is 11.5 Å². The van der Waals surface area contributed by atoms with Crippen LogP contribution in [0.4, 0.5) is 11.4 Å². The first-order chi connectivity index (χ1) is 11.2. The predicted molar refractivity (Wildman–Crippen MR) is 96.8 cm³/mol. The summed E-state index contributed by atoms with van der Waals surface area (Å²) in [6.45, 7) is 8.34. The average molecular weight is 314 g/mol. The van der Waals surface area contributed by atoms with Crippen LogP contribution in [0.2, 0.25) is 0 Å². The molecule has 0 amide bonds. The van der Waals surface area contributed by atoms with Gasteiger partial charge in [0.2, 0.25) is 0 Å². The number of rotatable bonds is 9. The number of ether oxygens (including phenoxy) is 2. The van der Waals surface area contributed by atoms with E-state index >= 15 is 0 Å². The lowest BCUT2D eigenvalue weighted by atomic mass is 10.2. The summed E-state index contributed by atoms with van der Waals surface area (Å²) in [4.78, 5) is 0. The third kappa shape index (κ3) is 5.74. The first kappa shape index (κ1) is 17.0. The lowest BCUT2D eigenvalue weighted by molar-refractivity contribution is 0.243. The van der Waals surface area contributed by atoms with Crippen molar-refractivity contribution in [2.75, 3.05) is 30.3 Å². The van der Waals surface area contributed by atoms with Crippen LogP contribution < -0.4 is 20.1 Å². The van der Waals surface area contributed by atoms with Gasteiger partial charge in [-0.25, -0.2) is 0 Å². The fourth-order valence-electron chi connectivity index (χ4n) is 2.24. The second kappa shape index (κ2) is 8.93. The Morgan fingerprint density at radius 2 is 1.74 bits per heavy atom. The van der Waals surface area contributed by atoms with Crippen LogP contribution in [-0.4, -0.2) is 25.8 Å². The highest BCUT2D eigenvalue weighted by atomic mass is 16.5. The molecule has 0 aliphatic rings. The fraction of sp³-hybridized carbons (Fsp3) is 0.368. The molecule has 2 N–H and O–H groups in total. The molecule has 0 saturated heterocycles. The Kier molecular flexibility index (Phi) is 6.60. The molecule has 23 heavy (non-hydrogen) atoms. The number of hydrogen-bond donors (Lipinski definition) is 2. The molecular weight excluding hydrogens is 288 g/mol. The number of benzene rings is 2. The molecule has 0 fully saturated rings. The molecule has 2 rings (SSSR count). The monoisotopic (exact) mass is 314 g/mol. The van der Waals surface area contributed by atoms with Crippen LogP contribution >= 0.6 is 0 Å². The standard InChI is InChI=1S/C19H26N2O2/c1-4-22-17-9-7-8-16(14-17)20-12-13-21-18-10-5-6-11-19(18)23-15(2)3/h5-11,14-15,20-21H,4,12-13H2,1-3H3. The molecule has 2 aromatic carbocycles. The molecule has 0 heterocycles.